The molecule has 0 aliphatic heterocycles. The highest BCUT2D eigenvalue weighted by Crippen LogP contribution is 2.27. The van der Waals surface area contributed by atoms with Crippen LogP contribution in [0, 0.1) is 0 Å². The van der Waals surface area contributed by atoms with Gasteiger partial charge in [-0.25, -0.2) is 0 Å². The highest BCUT2D eigenvalue weighted by atomic mass is 35.5. The van der Waals surface area contributed by atoms with Crippen molar-refractivity contribution in [3.63, 3.8) is 0 Å². The van der Waals surface area contributed by atoms with Gasteiger partial charge >= 0.3 is 5.97 Å². The number of halogens is 1. The third kappa shape index (κ3) is 4.35. The van der Waals surface area contributed by atoms with Crippen molar-refractivity contribution in [2.24, 2.45) is 0 Å². The first-order valence-electron chi connectivity index (χ1n) is 6.49. The maximum Gasteiger partial charge on any atom is 0.325 e. The van der Waals surface area contributed by atoms with Gasteiger partial charge in [0.1, 0.15) is 6.54 Å². The molecule has 1 fully saturated rings. The zero-order valence-electron chi connectivity index (χ0n) is 11.2. The van der Waals surface area contributed by atoms with E-state index in [0.717, 1.165) is 17.7 Å². The lowest BCUT2D eigenvalue weighted by molar-refractivity contribution is -0.148. The topological polar surface area (TPSA) is 46.6 Å². The third-order valence-corrected chi connectivity index (χ3v) is 4.06. The van der Waals surface area contributed by atoms with Crippen LogP contribution in [0.15, 0.2) is 18.2 Å². The molecule has 1 aromatic heterocycles. The highest BCUT2D eigenvalue weighted by molar-refractivity contribution is 7.17. The molecule has 0 N–H and O–H groups in total. The first kappa shape index (κ1) is 15.1. The largest absolute Gasteiger partial charge is 0.465 e. The summed E-state index contributed by atoms with van der Waals surface area (Å²) in [6.07, 6.45) is 5.10. The van der Waals surface area contributed by atoms with Crippen molar-refractivity contribution < 1.29 is 14.3 Å². The Balaban J connectivity index is 1.96. The lowest BCUT2D eigenvalue weighted by Gasteiger charge is -2.19. The van der Waals surface area contributed by atoms with Gasteiger partial charge in [-0.05, 0) is 38.0 Å². The average Bonchev–Trinajstić information content (AvgIpc) is 3.16. The molecular formula is C14H16ClNO3S. The molecule has 1 aliphatic rings. The second-order valence-corrected chi connectivity index (χ2v) is 6.22. The molecule has 20 heavy (non-hydrogen) atoms. The summed E-state index contributed by atoms with van der Waals surface area (Å²) in [5.41, 5.74) is 0. The van der Waals surface area contributed by atoms with E-state index in [0.29, 0.717) is 10.9 Å². The van der Waals surface area contributed by atoms with E-state index in [-0.39, 0.29) is 24.5 Å². The summed E-state index contributed by atoms with van der Waals surface area (Å²) in [5, 5.41) is 0. The summed E-state index contributed by atoms with van der Waals surface area (Å²) in [6.45, 7) is 2.10. The molecule has 108 valence electrons. The third-order valence-electron chi connectivity index (χ3n) is 2.86. The highest BCUT2D eigenvalue weighted by Gasteiger charge is 2.33. The number of hydrogen-bond acceptors (Lipinski definition) is 4. The molecule has 0 aromatic carbocycles. The standard InChI is InChI=1S/C14H16ClNO3S/c1-2-19-14(18)9-16(10-3-4-10)13(17)8-6-11-5-7-12(15)20-11/h5-8,10H,2-4,9H2,1H3. The van der Waals surface area contributed by atoms with Gasteiger partial charge in [0.05, 0.1) is 10.9 Å². The van der Waals surface area contributed by atoms with Crippen molar-refractivity contribution in [1.29, 1.82) is 0 Å². The van der Waals surface area contributed by atoms with E-state index in [1.807, 2.05) is 6.07 Å². The second kappa shape index (κ2) is 6.90. The molecule has 0 radical (unpaired) electrons. The predicted molar refractivity (Wildman–Crippen MR) is 79.7 cm³/mol. The number of nitrogens with zero attached hydrogens (tertiary/aromatic N) is 1. The fraction of sp³-hybridized carbons (Fsp3) is 0.429. The minimum Gasteiger partial charge on any atom is -0.465 e. The van der Waals surface area contributed by atoms with Crippen molar-refractivity contribution >= 4 is 40.9 Å². The van der Waals surface area contributed by atoms with Crippen LogP contribution in [-0.2, 0) is 14.3 Å². The van der Waals surface area contributed by atoms with Gasteiger partial charge < -0.3 is 9.64 Å². The summed E-state index contributed by atoms with van der Waals surface area (Å²) < 4.78 is 5.58. The molecule has 1 aromatic rings. The van der Waals surface area contributed by atoms with Gasteiger partial charge in [-0.3, -0.25) is 9.59 Å². The molecule has 1 saturated carbocycles. The van der Waals surface area contributed by atoms with Crippen LogP contribution >= 0.6 is 22.9 Å². The van der Waals surface area contributed by atoms with Crippen LogP contribution in [0.25, 0.3) is 6.08 Å². The van der Waals surface area contributed by atoms with Gasteiger partial charge in [0.25, 0.3) is 0 Å². The molecule has 0 saturated heterocycles. The van der Waals surface area contributed by atoms with Crippen LogP contribution in [0.3, 0.4) is 0 Å². The second-order valence-electron chi connectivity index (χ2n) is 4.48. The van der Waals surface area contributed by atoms with Gasteiger partial charge in [-0.2, -0.15) is 0 Å². The van der Waals surface area contributed by atoms with Crippen LogP contribution in [0.4, 0.5) is 0 Å². The number of thiophene rings is 1. The van der Waals surface area contributed by atoms with Crippen molar-refractivity contribution in [1.82, 2.24) is 4.90 Å². The van der Waals surface area contributed by atoms with Crippen LogP contribution in [0.5, 0.6) is 0 Å². The molecule has 0 bridgehead atoms. The average molecular weight is 314 g/mol. The van der Waals surface area contributed by atoms with E-state index < -0.39 is 0 Å². The molecule has 4 nitrogen and oxygen atoms in total. The summed E-state index contributed by atoms with van der Waals surface area (Å²) in [4.78, 5) is 26.1. The molecule has 6 heteroatoms. The van der Waals surface area contributed by atoms with E-state index in [1.165, 1.54) is 17.4 Å². The molecular weight excluding hydrogens is 298 g/mol. The summed E-state index contributed by atoms with van der Waals surface area (Å²) in [6, 6.07) is 3.81. The zero-order chi connectivity index (χ0) is 14.5. The molecule has 2 rings (SSSR count). The van der Waals surface area contributed by atoms with Crippen LogP contribution < -0.4 is 0 Å². The first-order chi connectivity index (χ1) is 9.60. The zero-order valence-corrected chi connectivity index (χ0v) is 12.7. The van der Waals surface area contributed by atoms with Crippen LogP contribution in [0.1, 0.15) is 24.6 Å². The van der Waals surface area contributed by atoms with Gasteiger partial charge in [-0.1, -0.05) is 11.6 Å². The molecule has 1 aliphatic carbocycles. The smallest absolute Gasteiger partial charge is 0.325 e. The molecule has 1 amide bonds. The van der Waals surface area contributed by atoms with Gasteiger partial charge in [0.2, 0.25) is 5.91 Å². The molecule has 0 spiro atoms. The van der Waals surface area contributed by atoms with Crippen LogP contribution in [0.2, 0.25) is 4.34 Å². The van der Waals surface area contributed by atoms with Crippen LogP contribution in [-0.4, -0.2) is 36.0 Å². The van der Waals surface area contributed by atoms with Gasteiger partial charge in [0, 0.05) is 17.0 Å². The fourth-order valence-corrected chi connectivity index (χ4v) is 2.75. The Morgan fingerprint density at radius 3 is 2.80 bits per heavy atom. The maximum absolute atomic E-state index is 12.1. The maximum atomic E-state index is 12.1. The quantitative estimate of drug-likeness (QED) is 0.599. The fourth-order valence-electron chi connectivity index (χ4n) is 1.79. The summed E-state index contributed by atoms with van der Waals surface area (Å²) >= 11 is 7.23. The lowest BCUT2D eigenvalue weighted by Crippen LogP contribution is -2.37. The Labute approximate surface area is 127 Å². The van der Waals surface area contributed by atoms with Crippen molar-refractivity contribution in [3.05, 3.63) is 27.4 Å². The molecule has 0 atom stereocenters. The Morgan fingerprint density at radius 2 is 2.25 bits per heavy atom. The molecule has 1 heterocycles. The van der Waals surface area contributed by atoms with Gasteiger partial charge in [0.15, 0.2) is 0 Å². The number of amides is 1. The van der Waals surface area contributed by atoms with E-state index >= 15 is 0 Å². The Kier molecular flexibility index (Phi) is 5.20. The number of rotatable bonds is 6. The van der Waals surface area contributed by atoms with Crippen molar-refractivity contribution in [3.8, 4) is 0 Å². The SMILES string of the molecule is CCOC(=O)CN(C(=O)C=Cc1ccc(Cl)s1)C1CC1. The monoisotopic (exact) mass is 313 g/mol. The summed E-state index contributed by atoms with van der Waals surface area (Å²) in [5.74, 6) is -0.523. The first-order valence-corrected chi connectivity index (χ1v) is 7.69. The van der Waals surface area contributed by atoms with Crippen molar-refractivity contribution in [2.45, 2.75) is 25.8 Å². The number of esters is 1. The van der Waals surface area contributed by atoms with E-state index in [4.69, 9.17) is 16.3 Å². The Bertz CT molecular complexity index is 522. The number of carbonyl (C=O) groups is 2. The van der Waals surface area contributed by atoms with E-state index in [1.54, 1.807) is 24.0 Å². The van der Waals surface area contributed by atoms with Crippen molar-refractivity contribution in [2.75, 3.05) is 13.2 Å². The minimum absolute atomic E-state index is 0.0207. The Hall–Kier alpha value is -1.33. The number of hydrogen-bond donors (Lipinski definition) is 0. The lowest BCUT2D eigenvalue weighted by atomic mass is 10.3. The van der Waals surface area contributed by atoms with E-state index in [9.17, 15) is 9.59 Å². The van der Waals surface area contributed by atoms with E-state index in [2.05, 4.69) is 0 Å². The molecule has 0 unspecified atom stereocenters. The number of carbonyl (C=O) groups excluding carboxylic acids is 2. The minimum atomic E-state index is -0.361. The number of ether oxygens (including phenoxy) is 1. The summed E-state index contributed by atoms with van der Waals surface area (Å²) in [7, 11) is 0. The normalized spacial score (nSPS) is 14.5. The van der Waals surface area contributed by atoms with Gasteiger partial charge in [-0.15, -0.1) is 11.3 Å². The predicted octanol–water partition coefficient (Wildman–Crippen LogP) is 2.97. The Morgan fingerprint density at radius 1 is 1.50 bits per heavy atom.